The first-order valence-electron chi connectivity index (χ1n) is 9.89. The molecular weight excluding hydrogens is 348 g/mol. The number of nitrogens with zero attached hydrogens (tertiary/aromatic N) is 3. The molecule has 8 nitrogen and oxygen atoms in total. The lowest BCUT2D eigenvalue weighted by Crippen LogP contribution is -2.53. The molecule has 0 aliphatic carbocycles. The molecule has 0 bridgehead atoms. The zero-order valence-corrected chi connectivity index (χ0v) is 15.8. The number of carbonyl (C=O) groups excluding carboxylic acids is 2. The van der Waals surface area contributed by atoms with Crippen LogP contribution in [0.15, 0.2) is 22.8 Å². The largest absolute Gasteiger partial charge is 0.459 e. The highest BCUT2D eigenvalue weighted by Crippen LogP contribution is 2.16. The van der Waals surface area contributed by atoms with E-state index in [1.807, 2.05) is 0 Å². The number of piperazine rings is 1. The Morgan fingerprint density at radius 3 is 2.63 bits per heavy atom. The Balaban J connectivity index is 1.33. The second kappa shape index (κ2) is 9.75. The number of carbonyl (C=O) groups is 2. The minimum atomic E-state index is -0.125. The van der Waals surface area contributed by atoms with Crippen molar-refractivity contribution in [2.24, 2.45) is 0 Å². The third-order valence-corrected chi connectivity index (χ3v) is 5.44. The predicted molar refractivity (Wildman–Crippen MR) is 100 cm³/mol. The number of amides is 3. The van der Waals surface area contributed by atoms with E-state index < -0.39 is 0 Å². The lowest BCUT2D eigenvalue weighted by Gasteiger charge is -2.35. The minimum Gasteiger partial charge on any atom is -0.459 e. The van der Waals surface area contributed by atoms with Crippen LogP contribution in [0.2, 0.25) is 0 Å². The topological polar surface area (TPSA) is 89.3 Å². The van der Waals surface area contributed by atoms with E-state index in [9.17, 15) is 14.7 Å². The number of aliphatic hydroxyl groups is 1. The summed E-state index contributed by atoms with van der Waals surface area (Å²) in [6.07, 6.45) is 5.80. The molecule has 3 heterocycles. The molecule has 0 spiro atoms. The number of aliphatic hydroxyl groups excluding tert-OH is 1. The summed E-state index contributed by atoms with van der Waals surface area (Å²) in [4.78, 5) is 30.4. The summed E-state index contributed by atoms with van der Waals surface area (Å²) in [5, 5.41) is 12.4. The van der Waals surface area contributed by atoms with Crippen LogP contribution in [0.5, 0.6) is 0 Å². The van der Waals surface area contributed by atoms with Gasteiger partial charge in [0, 0.05) is 45.3 Å². The van der Waals surface area contributed by atoms with E-state index in [4.69, 9.17) is 4.42 Å². The van der Waals surface area contributed by atoms with Crippen molar-refractivity contribution < 1.29 is 19.1 Å². The molecule has 3 amide bonds. The highest BCUT2D eigenvalue weighted by Gasteiger charge is 2.26. The molecule has 1 unspecified atom stereocenters. The maximum atomic E-state index is 12.3. The van der Waals surface area contributed by atoms with Gasteiger partial charge in [-0.15, -0.1) is 0 Å². The highest BCUT2D eigenvalue weighted by atomic mass is 16.3. The van der Waals surface area contributed by atoms with Gasteiger partial charge in [0.05, 0.1) is 12.9 Å². The maximum absolute atomic E-state index is 12.3. The van der Waals surface area contributed by atoms with Crippen molar-refractivity contribution in [3.05, 3.63) is 24.2 Å². The Labute approximate surface area is 160 Å². The lowest BCUT2D eigenvalue weighted by molar-refractivity contribution is 0.0633. The van der Waals surface area contributed by atoms with Crippen molar-refractivity contribution in [1.82, 2.24) is 20.0 Å². The molecule has 1 aromatic heterocycles. The van der Waals surface area contributed by atoms with Crippen molar-refractivity contribution in [1.29, 1.82) is 0 Å². The number of piperidine rings is 1. The van der Waals surface area contributed by atoms with Crippen LogP contribution >= 0.6 is 0 Å². The molecule has 0 radical (unpaired) electrons. The average Bonchev–Trinajstić information content (AvgIpc) is 3.25. The van der Waals surface area contributed by atoms with Crippen LogP contribution < -0.4 is 5.32 Å². The first-order valence-corrected chi connectivity index (χ1v) is 9.89. The standard InChI is InChI=1S/C19H30N4O4/c24-15-16-5-1-2-8-21(16)9-4-7-20-19(26)23-12-10-22(11-13-23)18(25)17-6-3-14-27-17/h3,6,14,16,24H,1-2,4-5,7-13,15H2,(H,20,26). The van der Waals surface area contributed by atoms with Gasteiger partial charge < -0.3 is 24.6 Å². The molecule has 0 aromatic carbocycles. The molecule has 2 aliphatic heterocycles. The summed E-state index contributed by atoms with van der Waals surface area (Å²) in [5.74, 6) is 0.215. The first kappa shape index (κ1) is 19.7. The van der Waals surface area contributed by atoms with E-state index in [-0.39, 0.29) is 24.6 Å². The summed E-state index contributed by atoms with van der Waals surface area (Å²) < 4.78 is 5.15. The fourth-order valence-corrected chi connectivity index (χ4v) is 3.82. The van der Waals surface area contributed by atoms with Gasteiger partial charge in [0.25, 0.3) is 5.91 Å². The minimum absolute atomic E-state index is 0.0718. The second-order valence-electron chi connectivity index (χ2n) is 7.21. The number of likely N-dealkylation sites (tertiary alicyclic amines) is 1. The predicted octanol–water partition coefficient (Wildman–Crippen LogP) is 0.984. The lowest BCUT2D eigenvalue weighted by atomic mass is 10.0. The van der Waals surface area contributed by atoms with E-state index >= 15 is 0 Å². The SMILES string of the molecule is O=C(NCCCN1CCCCC1CO)N1CCN(C(=O)c2ccco2)CC1. The molecule has 2 saturated heterocycles. The molecule has 150 valence electrons. The fourth-order valence-electron chi connectivity index (χ4n) is 3.82. The van der Waals surface area contributed by atoms with Crippen molar-refractivity contribution >= 4 is 11.9 Å². The van der Waals surface area contributed by atoms with Gasteiger partial charge in [0.15, 0.2) is 5.76 Å². The highest BCUT2D eigenvalue weighted by molar-refractivity contribution is 5.91. The summed E-state index contributed by atoms with van der Waals surface area (Å²) in [6, 6.07) is 3.56. The summed E-state index contributed by atoms with van der Waals surface area (Å²) in [5.41, 5.74) is 0. The van der Waals surface area contributed by atoms with Crippen LogP contribution in [0.1, 0.15) is 36.2 Å². The normalized spacial score (nSPS) is 21.3. The molecule has 1 atom stereocenters. The van der Waals surface area contributed by atoms with Gasteiger partial charge in [-0.1, -0.05) is 6.42 Å². The molecule has 27 heavy (non-hydrogen) atoms. The molecule has 2 N–H and O–H groups in total. The molecule has 1 aromatic rings. The third-order valence-electron chi connectivity index (χ3n) is 5.44. The Morgan fingerprint density at radius 2 is 1.93 bits per heavy atom. The zero-order chi connectivity index (χ0) is 19.1. The molecule has 0 saturated carbocycles. The monoisotopic (exact) mass is 378 g/mol. The second-order valence-corrected chi connectivity index (χ2v) is 7.21. The maximum Gasteiger partial charge on any atom is 0.317 e. The van der Waals surface area contributed by atoms with Gasteiger partial charge >= 0.3 is 6.03 Å². The molecular formula is C19H30N4O4. The van der Waals surface area contributed by atoms with Gasteiger partial charge in [-0.05, 0) is 37.9 Å². The van der Waals surface area contributed by atoms with Crippen molar-refractivity contribution in [3.8, 4) is 0 Å². The fraction of sp³-hybridized carbons (Fsp3) is 0.684. The number of hydrogen-bond acceptors (Lipinski definition) is 5. The van der Waals surface area contributed by atoms with Gasteiger partial charge in [0.1, 0.15) is 0 Å². The van der Waals surface area contributed by atoms with Gasteiger partial charge in [-0.2, -0.15) is 0 Å². The van der Waals surface area contributed by atoms with Crippen LogP contribution in [0.4, 0.5) is 4.79 Å². The van der Waals surface area contributed by atoms with Crippen LogP contribution in [-0.2, 0) is 0 Å². The third kappa shape index (κ3) is 5.23. The molecule has 2 aliphatic rings. The molecule has 8 heteroatoms. The van der Waals surface area contributed by atoms with Crippen molar-refractivity contribution in [3.63, 3.8) is 0 Å². The van der Waals surface area contributed by atoms with E-state index in [1.54, 1.807) is 21.9 Å². The van der Waals surface area contributed by atoms with Gasteiger partial charge in [0.2, 0.25) is 0 Å². The van der Waals surface area contributed by atoms with Gasteiger partial charge in [-0.25, -0.2) is 4.79 Å². The number of furan rings is 1. The number of urea groups is 1. The number of hydrogen-bond donors (Lipinski definition) is 2. The van der Waals surface area contributed by atoms with E-state index in [0.29, 0.717) is 38.5 Å². The van der Waals surface area contributed by atoms with Crippen molar-refractivity contribution in [2.75, 3.05) is 52.4 Å². The van der Waals surface area contributed by atoms with E-state index in [0.717, 1.165) is 25.9 Å². The van der Waals surface area contributed by atoms with Crippen LogP contribution in [0.3, 0.4) is 0 Å². The summed E-state index contributed by atoms with van der Waals surface area (Å²) in [6.45, 7) is 4.85. The quantitative estimate of drug-likeness (QED) is 0.721. The first-order chi connectivity index (χ1) is 13.2. The molecule has 3 rings (SSSR count). The van der Waals surface area contributed by atoms with Crippen LogP contribution in [0, 0.1) is 0 Å². The zero-order valence-electron chi connectivity index (χ0n) is 15.8. The Bertz CT molecular complexity index is 599. The average molecular weight is 378 g/mol. The Hall–Kier alpha value is -2.06. The van der Waals surface area contributed by atoms with Crippen LogP contribution in [0.25, 0.3) is 0 Å². The Kier molecular flexibility index (Phi) is 7.11. The Morgan fingerprint density at radius 1 is 1.15 bits per heavy atom. The summed E-state index contributed by atoms with van der Waals surface area (Å²) in [7, 11) is 0. The number of nitrogens with one attached hydrogen (secondary N) is 1. The molecule has 2 fully saturated rings. The number of rotatable bonds is 6. The van der Waals surface area contributed by atoms with E-state index in [2.05, 4.69) is 10.2 Å². The van der Waals surface area contributed by atoms with E-state index in [1.165, 1.54) is 19.1 Å². The van der Waals surface area contributed by atoms with Gasteiger partial charge in [-0.3, -0.25) is 9.69 Å². The van der Waals surface area contributed by atoms with Crippen LogP contribution in [-0.4, -0.2) is 90.2 Å². The van der Waals surface area contributed by atoms with Crippen molar-refractivity contribution in [2.45, 2.75) is 31.7 Å². The smallest absolute Gasteiger partial charge is 0.317 e. The summed E-state index contributed by atoms with van der Waals surface area (Å²) >= 11 is 0.